The average Bonchev–Trinajstić information content (AvgIpc) is 3.24. The molecule has 0 saturated carbocycles. The number of pyridine rings is 1. The summed E-state index contributed by atoms with van der Waals surface area (Å²) in [6.45, 7) is 2.14. The molecule has 1 amide bonds. The molecule has 1 aliphatic heterocycles. The normalized spacial score (nSPS) is 13.6. The van der Waals surface area contributed by atoms with Crippen LogP contribution < -0.4 is 11.1 Å². The number of ether oxygens (including phenoxy) is 1. The molecular weight excluding hydrogens is 318 g/mol. The highest BCUT2D eigenvalue weighted by Gasteiger charge is 2.16. The van der Waals surface area contributed by atoms with Gasteiger partial charge in [-0.25, -0.2) is 4.98 Å². The number of nitrogens with one attached hydrogen (secondary N) is 1. The second-order valence-electron chi connectivity index (χ2n) is 5.84. The van der Waals surface area contributed by atoms with Crippen molar-refractivity contribution in [3.63, 3.8) is 0 Å². The first-order valence-corrected chi connectivity index (χ1v) is 7.98. The Kier molecular flexibility index (Phi) is 3.61. The van der Waals surface area contributed by atoms with E-state index < -0.39 is 0 Å². The van der Waals surface area contributed by atoms with Crippen molar-refractivity contribution in [1.29, 1.82) is 0 Å². The summed E-state index contributed by atoms with van der Waals surface area (Å²) in [7, 11) is 0. The zero-order valence-corrected chi connectivity index (χ0v) is 13.7. The molecule has 0 saturated heterocycles. The van der Waals surface area contributed by atoms with E-state index in [0.29, 0.717) is 29.7 Å². The molecule has 0 spiro atoms. The summed E-state index contributed by atoms with van der Waals surface area (Å²) in [5, 5.41) is 7.16. The van der Waals surface area contributed by atoms with E-state index in [1.54, 1.807) is 4.52 Å². The predicted molar refractivity (Wildman–Crippen MR) is 95.7 cm³/mol. The predicted octanol–water partition coefficient (Wildman–Crippen LogP) is 2.70. The zero-order chi connectivity index (χ0) is 17.4. The number of nitrogens with zero attached hydrogens (tertiary/aromatic N) is 3. The molecule has 25 heavy (non-hydrogen) atoms. The van der Waals surface area contributed by atoms with Gasteiger partial charge in [0.05, 0.1) is 6.61 Å². The van der Waals surface area contributed by atoms with Gasteiger partial charge in [0.1, 0.15) is 5.82 Å². The molecule has 0 bridgehead atoms. The van der Waals surface area contributed by atoms with Gasteiger partial charge in [-0.05, 0) is 41.5 Å². The summed E-state index contributed by atoms with van der Waals surface area (Å²) in [5.74, 6) is 1.64. The van der Waals surface area contributed by atoms with Gasteiger partial charge in [-0.3, -0.25) is 4.79 Å². The van der Waals surface area contributed by atoms with Crippen LogP contribution in [0.2, 0.25) is 0 Å². The van der Waals surface area contributed by atoms with Crippen molar-refractivity contribution < 1.29 is 9.53 Å². The minimum atomic E-state index is -0.0992. The van der Waals surface area contributed by atoms with E-state index in [1.807, 2.05) is 42.5 Å². The van der Waals surface area contributed by atoms with Crippen molar-refractivity contribution in [3.8, 4) is 11.1 Å². The fourth-order valence-electron chi connectivity index (χ4n) is 2.80. The standard InChI is InChI=1S/C18H17N5O2/c1-11(24)20-14-6-4-12(5-7-14)13-9-16(19)23-17(10-13)21-18(22-23)15-3-2-8-25-15/h3-7,9-10H,2,8,19H2,1H3,(H,20,24). The number of nitrogen functional groups attached to an aromatic ring is 1. The molecule has 0 fully saturated rings. The molecule has 4 rings (SSSR count). The second kappa shape index (κ2) is 5.94. The Morgan fingerprint density at radius 3 is 2.72 bits per heavy atom. The molecule has 3 heterocycles. The van der Waals surface area contributed by atoms with Crippen molar-refractivity contribution in [1.82, 2.24) is 14.6 Å². The lowest BCUT2D eigenvalue weighted by Gasteiger charge is -2.06. The van der Waals surface area contributed by atoms with Crippen molar-refractivity contribution in [2.75, 3.05) is 17.7 Å². The highest BCUT2D eigenvalue weighted by atomic mass is 16.5. The van der Waals surface area contributed by atoms with Gasteiger partial charge >= 0.3 is 0 Å². The fraction of sp³-hybridized carbons (Fsp3) is 0.167. The number of carbonyl (C=O) groups excluding carboxylic acids is 1. The Bertz CT molecular complexity index is 989. The quantitative estimate of drug-likeness (QED) is 0.767. The molecule has 0 aliphatic carbocycles. The molecule has 0 atom stereocenters. The monoisotopic (exact) mass is 335 g/mol. The highest BCUT2D eigenvalue weighted by molar-refractivity contribution is 5.89. The van der Waals surface area contributed by atoms with Crippen LogP contribution in [0.3, 0.4) is 0 Å². The molecule has 7 nitrogen and oxygen atoms in total. The Morgan fingerprint density at radius 2 is 2.04 bits per heavy atom. The van der Waals surface area contributed by atoms with Crippen molar-refractivity contribution in [3.05, 3.63) is 48.3 Å². The van der Waals surface area contributed by atoms with Gasteiger partial charge < -0.3 is 15.8 Å². The Labute approximate surface area is 144 Å². The smallest absolute Gasteiger partial charge is 0.221 e. The van der Waals surface area contributed by atoms with Crippen LogP contribution in [0.1, 0.15) is 19.2 Å². The van der Waals surface area contributed by atoms with Crippen LogP contribution in [0.25, 0.3) is 22.5 Å². The van der Waals surface area contributed by atoms with Crippen LogP contribution >= 0.6 is 0 Å². The van der Waals surface area contributed by atoms with Crippen LogP contribution in [0, 0.1) is 0 Å². The highest BCUT2D eigenvalue weighted by Crippen LogP contribution is 2.26. The third-order valence-electron chi connectivity index (χ3n) is 3.93. The van der Waals surface area contributed by atoms with Crippen molar-refractivity contribution in [2.45, 2.75) is 13.3 Å². The topological polar surface area (TPSA) is 94.5 Å². The van der Waals surface area contributed by atoms with Crippen molar-refractivity contribution >= 4 is 28.8 Å². The maximum atomic E-state index is 11.1. The number of rotatable bonds is 3. The summed E-state index contributed by atoms with van der Waals surface area (Å²) >= 11 is 0. The number of carbonyl (C=O) groups is 1. The number of nitrogens with two attached hydrogens (primary N) is 1. The molecule has 0 unspecified atom stereocenters. The summed E-state index contributed by atoms with van der Waals surface area (Å²) in [6.07, 6.45) is 2.85. The SMILES string of the molecule is CC(=O)Nc1ccc(-c2cc(N)n3nc(C4=CCCO4)nc3c2)cc1. The summed E-state index contributed by atoms with van der Waals surface area (Å²) in [6, 6.07) is 11.3. The molecule has 3 aromatic rings. The Balaban J connectivity index is 1.71. The van der Waals surface area contributed by atoms with Gasteiger partial charge in [-0.15, -0.1) is 5.10 Å². The molecule has 3 N–H and O–H groups in total. The number of aromatic nitrogens is 3. The first kappa shape index (κ1) is 15.2. The first-order chi connectivity index (χ1) is 12.1. The van der Waals surface area contributed by atoms with Crippen LogP contribution in [-0.4, -0.2) is 27.1 Å². The number of fused-ring (bicyclic) bond motifs is 1. The van der Waals surface area contributed by atoms with E-state index in [1.165, 1.54) is 6.92 Å². The van der Waals surface area contributed by atoms with E-state index in [2.05, 4.69) is 15.4 Å². The van der Waals surface area contributed by atoms with Gasteiger partial charge in [0.2, 0.25) is 11.7 Å². The molecule has 2 aromatic heterocycles. The van der Waals surface area contributed by atoms with Gasteiger partial charge in [-0.1, -0.05) is 12.1 Å². The van der Waals surface area contributed by atoms with E-state index in [-0.39, 0.29) is 5.91 Å². The first-order valence-electron chi connectivity index (χ1n) is 7.98. The summed E-state index contributed by atoms with van der Waals surface area (Å²) in [4.78, 5) is 15.6. The van der Waals surface area contributed by atoms with Crippen LogP contribution in [0.4, 0.5) is 11.5 Å². The van der Waals surface area contributed by atoms with E-state index in [0.717, 1.165) is 23.2 Å². The lowest BCUT2D eigenvalue weighted by molar-refractivity contribution is -0.114. The van der Waals surface area contributed by atoms with Crippen LogP contribution in [0.15, 0.2) is 42.5 Å². The number of benzene rings is 1. The van der Waals surface area contributed by atoms with E-state index in [4.69, 9.17) is 10.5 Å². The number of hydrogen-bond acceptors (Lipinski definition) is 5. The third-order valence-corrected chi connectivity index (χ3v) is 3.93. The number of hydrogen-bond donors (Lipinski definition) is 2. The second-order valence-corrected chi connectivity index (χ2v) is 5.84. The average molecular weight is 335 g/mol. The van der Waals surface area contributed by atoms with Gasteiger partial charge in [0.25, 0.3) is 0 Å². The zero-order valence-electron chi connectivity index (χ0n) is 13.7. The van der Waals surface area contributed by atoms with Gasteiger partial charge in [0.15, 0.2) is 11.4 Å². The minimum absolute atomic E-state index is 0.0992. The van der Waals surface area contributed by atoms with Crippen LogP contribution in [-0.2, 0) is 9.53 Å². The fourth-order valence-corrected chi connectivity index (χ4v) is 2.80. The molecular formula is C18H17N5O2. The lowest BCUT2D eigenvalue weighted by atomic mass is 10.1. The summed E-state index contributed by atoms with van der Waals surface area (Å²) < 4.78 is 7.12. The summed E-state index contributed by atoms with van der Waals surface area (Å²) in [5.41, 5.74) is 9.46. The lowest BCUT2D eigenvalue weighted by Crippen LogP contribution is -2.05. The van der Waals surface area contributed by atoms with Crippen molar-refractivity contribution in [2.24, 2.45) is 0 Å². The Hall–Kier alpha value is -3.35. The maximum absolute atomic E-state index is 11.1. The van der Waals surface area contributed by atoms with E-state index in [9.17, 15) is 4.79 Å². The maximum Gasteiger partial charge on any atom is 0.221 e. The Morgan fingerprint density at radius 1 is 1.24 bits per heavy atom. The minimum Gasteiger partial charge on any atom is -0.490 e. The molecule has 0 radical (unpaired) electrons. The van der Waals surface area contributed by atoms with Gasteiger partial charge in [-0.2, -0.15) is 4.52 Å². The number of amides is 1. The van der Waals surface area contributed by atoms with Crippen LogP contribution in [0.5, 0.6) is 0 Å². The molecule has 126 valence electrons. The molecule has 7 heteroatoms. The van der Waals surface area contributed by atoms with Gasteiger partial charge in [0, 0.05) is 19.0 Å². The molecule has 1 aliphatic rings. The molecule has 1 aromatic carbocycles. The van der Waals surface area contributed by atoms with E-state index >= 15 is 0 Å². The largest absolute Gasteiger partial charge is 0.490 e. The number of anilines is 2. The third kappa shape index (κ3) is 2.91.